The molecule has 0 fully saturated rings. The van der Waals surface area contributed by atoms with Crippen molar-refractivity contribution in [3.8, 4) is 11.8 Å². The van der Waals surface area contributed by atoms with E-state index in [1.165, 1.54) is 19.1 Å². The van der Waals surface area contributed by atoms with Crippen LogP contribution in [0.5, 0.6) is 0 Å². The molecule has 0 spiro atoms. The van der Waals surface area contributed by atoms with Crippen molar-refractivity contribution in [2.45, 2.75) is 6.92 Å². The van der Waals surface area contributed by atoms with E-state index in [-0.39, 0.29) is 10.9 Å². The Balaban J connectivity index is 2.67. The van der Waals surface area contributed by atoms with Crippen molar-refractivity contribution in [1.29, 1.82) is 0 Å². The molecular weight excluding hydrogens is 279 g/mol. The summed E-state index contributed by atoms with van der Waals surface area (Å²) in [4.78, 5) is 10.6. The molecule has 1 nitrogen and oxygen atoms in total. The largest absolute Gasteiger partial charge is 0.288 e. The zero-order valence-corrected chi connectivity index (χ0v) is 10.4. The number of hydrogen-bond donors (Lipinski definition) is 0. The van der Waals surface area contributed by atoms with Crippen LogP contribution in [0.2, 0.25) is 0 Å². The average Bonchev–Trinajstić information content (AvgIpc) is 2.14. The maximum absolute atomic E-state index is 12.7. The van der Waals surface area contributed by atoms with E-state index in [1.807, 2.05) is 0 Å². The van der Waals surface area contributed by atoms with Gasteiger partial charge in [-0.15, -0.1) is 0 Å². The topological polar surface area (TPSA) is 17.1 Å². The monoisotopic (exact) mass is 286 g/mol. The van der Waals surface area contributed by atoms with Crippen molar-refractivity contribution < 1.29 is 9.18 Å². The van der Waals surface area contributed by atoms with Gasteiger partial charge in [-0.1, -0.05) is 23.6 Å². The van der Waals surface area contributed by atoms with Crippen LogP contribution in [-0.2, 0) is 4.79 Å². The highest BCUT2D eigenvalue weighted by Crippen LogP contribution is 2.16. The Hall–Kier alpha value is -0.790. The summed E-state index contributed by atoms with van der Waals surface area (Å²) in [6, 6.07) is 4.32. The minimum Gasteiger partial charge on any atom is -0.288 e. The molecule has 0 N–H and O–H groups in total. The zero-order valence-electron chi connectivity index (χ0n) is 8.01. The van der Waals surface area contributed by atoms with E-state index in [2.05, 4.69) is 27.8 Å². The summed E-state index contributed by atoms with van der Waals surface area (Å²) >= 11 is 4.37. The van der Waals surface area contributed by atoms with Crippen LogP contribution in [0.4, 0.5) is 4.39 Å². The first-order valence-corrected chi connectivity index (χ1v) is 5.95. The van der Waals surface area contributed by atoms with Gasteiger partial charge in [-0.25, -0.2) is 4.39 Å². The molecule has 1 aromatic rings. The molecule has 0 saturated carbocycles. The summed E-state index contributed by atoms with van der Waals surface area (Å²) in [5, 5.41) is 0.0440. The van der Waals surface area contributed by atoms with Crippen molar-refractivity contribution >= 4 is 32.8 Å². The van der Waals surface area contributed by atoms with Crippen LogP contribution in [0.1, 0.15) is 12.5 Å². The lowest BCUT2D eigenvalue weighted by molar-refractivity contribution is -0.109. The molecule has 1 rings (SSSR count). The minimum atomic E-state index is -0.300. The molecule has 0 aliphatic carbocycles. The predicted molar refractivity (Wildman–Crippen MR) is 64.1 cm³/mol. The highest BCUT2D eigenvalue weighted by molar-refractivity contribution is 9.10. The Labute approximate surface area is 101 Å². The van der Waals surface area contributed by atoms with E-state index in [4.69, 9.17) is 0 Å². The average molecular weight is 287 g/mol. The molecular formula is C11H8BrFOS. The lowest BCUT2D eigenvalue weighted by Crippen LogP contribution is -1.83. The number of halogens is 2. The predicted octanol–water partition coefficient (Wildman–Crippen LogP) is 3.22. The summed E-state index contributed by atoms with van der Waals surface area (Å²) in [5.41, 5.74) is 0.723. The fraction of sp³-hybridized carbons (Fsp3) is 0.182. The summed E-state index contributed by atoms with van der Waals surface area (Å²) < 4.78 is 13.3. The number of carbonyl (C=O) groups excluding carboxylic acids is 1. The van der Waals surface area contributed by atoms with E-state index in [0.717, 1.165) is 17.3 Å². The van der Waals surface area contributed by atoms with Crippen LogP contribution >= 0.6 is 27.7 Å². The second-order valence-electron chi connectivity index (χ2n) is 2.71. The highest BCUT2D eigenvalue weighted by atomic mass is 79.9. The first-order valence-electron chi connectivity index (χ1n) is 4.17. The van der Waals surface area contributed by atoms with Crippen molar-refractivity contribution in [2.75, 3.05) is 5.75 Å². The third-order valence-electron chi connectivity index (χ3n) is 1.50. The van der Waals surface area contributed by atoms with Gasteiger partial charge in [0.1, 0.15) is 5.82 Å². The second kappa shape index (κ2) is 5.94. The second-order valence-corrected chi connectivity index (χ2v) is 4.71. The molecule has 0 radical (unpaired) electrons. The SMILES string of the molecule is CC(=O)SCC#Cc1ccc(F)cc1Br. The lowest BCUT2D eigenvalue weighted by Gasteiger charge is -1.95. The fourth-order valence-corrected chi connectivity index (χ4v) is 1.66. The van der Waals surface area contributed by atoms with Crippen LogP contribution < -0.4 is 0 Å². The molecule has 0 amide bonds. The molecule has 0 aliphatic heterocycles. The zero-order chi connectivity index (χ0) is 11.3. The molecule has 0 aromatic heterocycles. The third-order valence-corrected chi connectivity index (χ3v) is 2.85. The maximum Gasteiger partial charge on any atom is 0.186 e. The number of benzene rings is 1. The van der Waals surface area contributed by atoms with Gasteiger partial charge in [0, 0.05) is 17.0 Å². The van der Waals surface area contributed by atoms with Gasteiger partial charge in [0.15, 0.2) is 5.12 Å². The summed E-state index contributed by atoms with van der Waals surface area (Å²) in [5.74, 6) is 5.85. The number of carbonyl (C=O) groups is 1. The van der Waals surface area contributed by atoms with Gasteiger partial charge in [0.05, 0.1) is 5.75 Å². The minimum absolute atomic E-state index is 0.0440. The normalized spacial score (nSPS) is 9.27. The molecule has 0 saturated heterocycles. The molecule has 0 bridgehead atoms. The molecule has 78 valence electrons. The Morgan fingerprint density at radius 3 is 2.93 bits per heavy atom. The van der Waals surface area contributed by atoms with Gasteiger partial charge in [0.2, 0.25) is 0 Å². The Kier molecular flexibility index (Phi) is 4.86. The van der Waals surface area contributed by atoms with Crippen LogP contribution in [0.25, 0.3) is 0 Å². The number of rotatable bonds is 1. The quantitative estimate of drug-likeness (QED) is 0.738. The molecule has 0 unspecified atom stereocenters. The Morgan fingerprint density at radius 1 is 1.60 bits per heavy atom. The Morgan fingerprint density at radius 2 is 2.33 bits per heavy atom. The van der Waals surface area contributed by atoms with Gasteiger partial charge in [-0.3, -0.25) is 4.79 Å². The van der Waals surface area contributed by atoms with Crippen molar-refractivity contribution in [2.24, 2.45) is 0 Å². The molecule has 1 aromatic carbocycles. The van der Waals surface area contributed by atoms with Gasteiger partial charge in [-0.05, 0) is 34.1 Å². The Bertz CT molecular complexity index is 434. The standard InChI is InChI=1S/C11H8BrFOS/c1-8(14)15-6-2-3-9-4-5-10(13)7-11(9)12/h4-5,7H,6H2,1H3. The first kappa shape index (κ1) is 12.3. The van der Waals surface area contributed by atoms with Crippen LogP contribution in [-0.4, -0.2) is 10.9 Å². The molecule has 15 heavy (non-hydrogen) atoms. The molecule has 0 aliphatic rings. The van der Waals surface area contributed by atoms with E-state index < -0.39 is 0 Å². The van der Waals surface area contributed by atoms with Gasteiger partial charge in [0.25, 0.3) is 0 Å². The molecule has 0 atom stereocenters. The first-order chi connectivity index (χ1) is 7.09. The van der Waals surface area contributed by atoms with Gasteiger partial charge >= 0.3 is 0 Å². The van der Waals surface area contributed by atoms with E-state index >= 15 is 0 Å². The summed E-state index contributed by atoms with van der Waals surface area (Å²) in [6.07, 6.45) is 0. The van der Waals surface area contributed by atoms with E-state index in [0.29, 0.717) is 10.2 Å². The smallest absolute Gasteiger partial charge is 0.186 e. The summed E-state index contributed by atoms with van der Waals surface area (Å²) in [7, 11) is 0. The fourth-order valence-electron chi connectivity index (χ4n) is 0.860. The van der Waals surface area contributed by atoms with Gasteiger partial charge in [-0.2, -0.15) is 0 Å². The lowest BCUT2D eigenvalue weighted by atomic mass is 10.2. The van der Waals surface area contributed by atoms with Crippen molar-refractivity contribution in [3.05, 3.63) is 34.1 Å². The molecule has 4 heteroatoms. The number of hydrogen-bond acceptors (Lipinski definition) is 2. The maximum atomic E-state index is 12.7. The van der Waals surface area contributed by atoms with E-state index in [9.17, 15) is 9.18 Å². The van der Waals surface area contributed by atoms with Crippen LogP contribution in [0, 0.1) is 17.7 Å². The highest BCUT2D eigenvalue weighted by Gasteiger charge is 1.97. The van der Waals surface area contributed by atoms with Crippen LogP contribution in [0.3, 0.4) is 0 Å². The van der Waals surface area contributed by atoms with Crippen molar-refractivity contribution in [1.82, 2.24) is 0 Å². The van der Waals surface area contributed by atoms with E-state index in [1.54, 1.807) is 6.07 Å². The van der Waals surface area contributed by atoms with Gasteiger partial charge < -0.3 is 0 Å². The van der Waals surface area contributed by atoms with Crippen LogP contribution in [0.15, 0.2) is 22.7 Å². The number of thioether (sulfide) groups is 1. The third kappa shape index (κ3) is 4.50. The van der Waals surface area contributed by atoms with Crippen molar-refractivity contribution in [3.63, 3.8) is 0 Å². The summed E-state index contributed by atoms with van der Waals surface area (Å²) in [6.45, 7) is 1.50. The molecule has 0 heterocycles.